The predicted octanol–water partition coefficient (Wildman–Crippen LogP) is 2.95. The van der Waals surface area contributed by atoms with Crippen LogP contribution in [0, 0.1) is 11.8 Å². The number of carbonyl (C=O) groups excluding carboxylic acids is 1. The van der Waals surface area contributed by atoms with E-state index in [4.69, 9.17) is 0 Å². The molecule has 0 bridgehead atoms. The Balaban J connectivity index is 2.06. The number of hydrogen-bond donors (Lipinski definition) is 1. The van der Waals surface area contributed by atoms with Crippen LogP contribution in [-0.4, -0.2) is 37.5 Å². The highest BCUT2D eigenvalue weighted by Crippen LogP contribution is 2.25. The van der Waals surface area contributed by atoms with E-state index in [1.54, 1.807) is 0 Å². The molecule has 0 spiro atoms. The lowest BCUT2D eigenvalue weighted by molar-refractivity contribution is -0.127. The second-order valence-corrected chi connectivity index (χ2v) is 9.24. The number of nitrogens with one attached hydrogen (secondary N) is 1. The molecule has 1 aromatic carbocycles. The van der Waals surface area contributed by atoms with E-state index < -0.39 is 10.0 Å². The number of amides is 1. The maximum Gasteiger partial charge on any atom is 0.224 e. The summed E-state index contributed by atoms with van der Waals surface area (Å²) in [7, 11) is -3.24. The molecule has 25 heavy (non-hydrogen) atoms. The van der Waals surface area contributed by atoms with Crippen molar-refractivity contribution in [1.29, 1.82) is 0 Å². The average molecular weight is 367 g/mol. The third-order valence-corrected chi connectivity index (χ3v) is 6.78. The van der Waals surface area contributed by atoms with E-state index in [-0.39, 0.29) is 29.5 Å². The molecule has 0 saturated carbocycles. The summed E-state index contributed by atoms with van der Waals surface area (Å²) in [6, 6.07) is 9.87. The van der Waals surface area contributed by atoms with Gasteiger partial charge in [0.1, 0.15) is 0 Å². The predicted molar refractivity (Wildman–Crippen MR) is 101 cm³/mol. The van der Waals surface area contributed by atoms with Crippen LogP contribution in [0.2, 0.25) is 0 Å². The number of nitrogens with zero attached hydrogens (tertiary/aromatic N) is 1. The minimum Gasteiger partial charge on any atom is -0.349 e. The van der Waals surface area contributed by atoms with Crippen molar-refractivity contribution in [1.82, 2.24) is 9.62 Å². The van der Waals surface area contributed by atoms with Crippen LogP contribution < -0.4 is 5.32 Å². The molecule has 0 aromatic heterocycles. The summed E-state index contributed by atoms with van der Waals surface area (Å²) in [6.45, 7) is 6.85. The SMILES string of the molecule is CCCS(=O)(=O)N1CCCC(C(=O)NC(c2ccccc2)C(C)C)C1. The number of rotatable bonds is 7. The number of hydrogen-bond acceptors (Lipinski definition) is 3. The van der Waals surface area contributed by atoms with Gasteiger partial charge in [0.2, 0.25) is 15.9 Å². The molecule has 0 radical (unpaired) electrons. The Morgan fingerprint density at radius 3 is 2.56 bits per heavy atom. The molecule has 6 heteroatoms. The molecule has 0 aliphatic carbocycles. The van der Waals surface area contributed by atoms with Crippen LogP contribution in [0.25, 0.3) is 0 Å². The van der Waals surface area contributed by atoms with Gasteiger partial charge in [0, 0.05) is 13.1 Å². The molecule has 2 atom stereocenters. The summed E-state index contributed by atoms with van der Waals surface area (Å²) in [5, 5.41) is 3.15. The normalized spacial score (nSPS) is 20.4. The van der Waals surface area contributed by atoms with Crippen molar-refractivity contribution < 1.29 is 13.2 Å². The van der Waals surface area contributed by atoms with Crippen molar-refractivity contribution in [2.75, 3.05) is 18.8 Å². The first-order valence-corrected chi connectivity index (χ1v) is 10.8. The number of carbonyl (C=O) groups is 1. The average Bonchev–Trinajstić information content (AvgIpc) is 2.60. The zero-order chi connectivity index (χ0) is 18.4. The van der Waals surface area contributed by atoms with Gasteiger partial charge in [0.15, 0.2) is 0 Å². The Kier molecular flexibility index (Phi) is 7.02. The molecular formula is C19H30N2O3S. The summed E-state index contributed by atoms with van der Waals surface area (Å²) < 4.78 is 26.1. The van der Waals surface area contributed by atoms with Crippen molar-refractivity contribution in [2.45, 2.75) is 46.1 Å². The highest BCUT2D eigenvalue weighted by Gasteiger charge is 2.33. The highest BCUT2D eigenvalue weighted by molar-refractivity contribution is 7.89. The van der Waals surface area contributed by atoms with Crippen LogP contribution in [0.1, 0.15) is 51.6 Å². The van der Waals surface area contributed by atoms with Crippen molar-refractivity contribution in [3.63, 3.8) is 0 Å². The Morgan fingerprint density at radius 2 is 1.96 bits per heavy atom. The van der Waals surface area contributed by atoms with Crippen LogP contribution in [0.5, 0.6) is 0 Å². The van der Waals surface area contributed by atoms with Crippen molar-refractivity contribution in [2.24, 2.45) is 11.8 Å². The fourth-order valence-electron chi connectivity index (χ4n) is 3.36. The van der Waals surface area contributed by atoms with Crippen molar-refractivity contribution >= 4 is 15.9 Å². The standard InChI is InChI=1S/C19H30N2O3S/c1-4-13-25(23,24)21-12-8-11-17(14-21)19(22)20-18(15(2)3)16-9-6-5-7-10-16/h5-7,9-10,15,17-18H,4,8,11-14H2,1-3H3,(H,20,22). The van der Waals surface area contributed by atoms with Gasteiger partial charge in [-0.2, -0.15) is 0 Å². The van der Waals surface area contributed by atoms with Crippen LogP contribution in [0.4, 0.5) is 0 Å². The lowest BCUT2D eigenvalue weighted by Gasteiger charge is -2.33. The van der Waals surface area contributed by atoms with Gasteiger partial charge < -0.3 is 5.32 Å². The first-order valence-electron chi connectivity index (χ1n) is 9.18. The molecular weight excluding hydrogens is 336 g/mol. The van der Waals surface area contributed by atoms with E-state index in [0.717, 1.165) is 18.4 Å². The fourth-order valence-corrected chi connectivity index (χ4v) is 4.95. The molecule has 140 valence electrons. The lowest BCUT2D eigenvalue weighted by atomic mass is 9.93. The largest absolute Gasteiger partial charge is 0.349 e. The minimum absolute atomic E-state index is 0.0426. The molecule has 1 saturated heterocycles. The van der Waals surface area contributed by atoms with E-state index in [0.29, 0.717) is 19.5 Å². The molecule has 5 nitrogen and oxygen atoms in total. The summed E-state index contributed by atoms with van der Waals surface area (Å²) in [5.41, 5.74) is 1.08. The van der Waals surface area contributed by atoms with Gasteiger partial charge in [0.05, 0.1) is 17.7 Å². The summed E-state index contributed by atoms with van der Waals surface area (Å²) >= 11 is 0. The maximum absolute atomic E-state index is 12.8. The van der Waals surface area contributed by atoms with Gasteiger partial charge in [-0.3, -0.25) is 4.79 Å². The quantitative estimate of drug-likeness (QED) is 0.807. The third-order valence-electron chi connectivity index (χ3n) is 4.73. The van der Waals surface area contributed by atoms with Gasteiger partial charge >= 0.3 is 0 Å². The molecule has 1 aromatic rings. The minimum atomic E-state index is -3.24. The fraction of sp³-hybridized carbons (Fsp3) is 0.632. The number of benzene rings is 1. The Morgan fingerprint density at radius 1 is 1.28 bits per heavy atom. The Bertz CT molecular complexity index is 659. The molecule has 1 fully saturated rings. The van der Waals surface area contributed by atoms with Crippen molar-refractivity contribution in [3.05, 3.63) is 35.9 Å². The lowest BCUT2D eigenvalue weighted by Crippen LogP contribution is -2.47. The van der Waals surface area contributed by atoms with E-state index in [1.807, 2.05) is 37.3 Å². The molecule has 1 amide bonds. The van der Waals surface area contributed by atoms with E-state index in [1.165, 1.54) is 4.31 Å². The zero-order valence-electron chi connectivity index (χ0n) is 15.4. The topological polar surface area (TPSA) is 66.5 Å². The molecule has 1 aliphatic rings. The smallest absolute Gasteiger partial charge is 0.224 e. The van der Waals surface area contributed by atoms with Gasteiger partial charge in [-0.1, -0.05) is 51.1 Å². The van der Waals surface area contributed by atoms with Crippen LogP contribution >= 0.6 is 0 Å². The summed E-state index contributed by atoms with van der Waals surface area (Å²) in [5.74, 6) is 0.0964. The second-order valence-electron chi connectivity index (χ2n) is 7.15. The first kappa shape index (κ1) is 19.9. The van der Waals surface area contributed by atoms with Crippen molar-refractivity contribution in [3.8, 4) is 0 Å². The molecule has 1 aliphatic heterocycles. The molecule has 1 N–H and O–H groups in total. The van der Waals surface area contributed by atoms with Gasteiger partial charge in [-0.25, -0.2) is 12.7 Å². The highest BCUT2D eigenvalue weighted by atomic mass is 32.2. The summed E-state index contributed by atoms with van der Waals surface area (Å²) in [6.07, 6.45) is 2.07. The van der Waals surface area contributed by atoms with Crippen LogP contribution in [0.15, 0.2) is 30.3 Å². The molecule has 2 rings (SSSR count). The second kappa shape index (κ2) is 8.81. The Hall–Kier alpha value is -1.40. The number of sulfonamides is 1. The number of piperidine rings is 1. The summed E-state index contributed by atoms with van der Waals surface area (Å²) in [4.78, 5) is 12.8. The van der Waals surface area contributed by atoms with Gasteiger partial charge in [-0.05, 0) is 30.7 Å². The van der Waals surface area contributed by atoms with Crippen LogP contribution in [-0.2, 0) is 14.8 Å². The molecule has 1 heterocycles. The van der Waals surface area contributed by atoms with Crippen LogP contribution in [0.3, 0.4) is 0 Å². The zero-order valence-corrected chi connectivity index (χ0v) is 16.3. The molecule has 2 unspecified atom stereocenters. The van der Waals surface area contributed by atoms with E-state index >= 15 is 0 Å². The Labute approximate surface area is 151 Å². The van der Waals surface area contributed by atoms with E-state index in [2.05, 4.69) is 19.2 Å². The monoisotopic (exact) mass is 366 g/mol. The van der Waals surface area contributed by atoms with E-state index in [9.17, 15) is 13.2 Å². The first-order chi connectivity index (χ1) is 11.8. The van der Waals surface area contributed by atoms with Gasteiger partial charge in [-0.15, -0.1) is 0 Å². The maximum atomic E-state index is 12.8. The van der Waals surface area contributed by atoms with Gasteiger partial charge in [0.25, 0.3) is 0 Å². The third kappa shape index (κ3) is 5.28.